The van der Waals surface area contributed by atoms with E-state index >= 15 is 0 Å². The number of amides is 5. The molecule has 3 aromatic carbocycles. The van der Waals surface area contributed by atoms with Crippen molar-refractivity contribution in [2.24, 2.45) is 5.92 Å². The monoisotopic (exact) mass is 831 g/mol. The molecule has 5 rings (SSSR count). The van der Waals surface area contributed by atoms with Crippen molar-refractivity contribution in [3.63, 3.8) is 0 Å². The van der Waals surface area contributed by atoms with Crippen LogP contribution in [0.4, 0.5) is 21.0 Å². The minimum atomic E-state index is -0.969. The first-order chi connectivity index (χ1) is 26.9. The fourth-order valence-electron chi connectivity index (χ4n) is 7.39. The van der Waals surface area contributed by atoms with Gasteiger partial charge in [0.2, 0.25) is 17.7 Å². The Kier molecular flexibility index (Phi) is 15.3. The lowest BCUT2D eigenvalue weighted by Crippen LogP contribution is -2.53. The first kappa shape index (κ1) is 42.2. The van der Waals surface area contributed by atoms with Crippen LogP contribution in [0.3, 0.4) is 0 Å². The van der Waals surface area contributed by atoms with Gasteiger partial charge in [-0.3, -0.25) is 14.4 Å². The third-order valence-electron chi connectivity index (χ3n) is 10.0. The van der Waals surface area contributed by atoms with Gasteiger partial charge in [-0.25, -0.2) is 9.59 Å². The molecule has 0 heterocycles. The highest BCUT2D eigenvalue weighted by Crippen LogP contribution is 2.44. The van der Waals surface area contributed by atoms with Crippen LogP contribution in [0.1, 0.15) is 95.6 Å². The summed E-state index contributed by atoms with van der Waals surface area (Å²) in [6.07, 6.45) is 5.62. The van der Waals surface area contributed by atoms with Crippen LogP contribution >= 0.6 is 15.9 Å². The van der Waals surface area contributed by atoms with Gasteiger partial charge < -0.3 is 36.1 Å². The number of unbranched alkanes of at least 4 members (excludes halogenated alkanes) is 1. The number of anilines is 2. The summed E-state index contributed by atoms with van der Waals surface area (Å²) in [4.78, 5) is 65.6. The minimum absolute atomic E-state index is 0.106. The van der Waals surface area contributed by atoms with Crippen molar-refractivity contribution in [3.8, 4) is 11.1 Å². The van der Waals surface area contributed by atoms with Crippen LogP contribution in [0, 0.1) is 5.92 Å². The van der Waals surface area contributed by atoms with Crippen molar-refractivity contribution < 1.29 is 33.4 Å². The fourth-order valence-corrected chi connectivity index (χ4v) is 7.53. The molecule has 2 aliphatic rings. The maximum absolute atomic E-state index is 14.1. The molecule has 0 aliphatic heterocycles. The zero-order chi connectivity index (χ0) is 40.1. The van der Waals surface area contributed by atoms with Gasteiger partial charge in [0.25, 0.3) is 0 Å². The molecule has 13 heteroatoms. The summed E-state index contributed by atoms with van der Waals surface area (Å²) < 4.78 is 11.2. The van der Waals surface area contributed by atoms with Crippen molar-refractivity contribution in [2.45, 2.75) is 102 Å². The van der Waals surface area contributed by atoms with Crippen molar-refractivity contribution in [1.82, 2.24) is 16.0 Å². The van der Waals surface area contributed by atoms with Gasteiger partial charge in [-0.05, 0) is 92.8 Å². The molecule has 2 atom stereocenters. The molecule has 0 bridgehead atoms. The molecule has 0 radical (unpaired) electrons. The molecule has 1 fully saturated rings. The topological polar surface area (TPSA) is 164 Å². The molecular weight excluding hydrogens is 778 g/mol. The van der Waals surface area contributed by atoms with Gasteiger partial charge in [0, 0.05) is 23.8 Å². The Hall–Kier alpha value is -4.91. The number of carbonyl (C=O) groups is 5. The molecule has 5 amide bonds. The van der Waals surface area contributed by atoms with E-state index in [1.165, 1.54) is 0 Å². The summed E-state index contributed by atoms with van der Waals surface area (Å²) in [5.74, 6) is -1.08. The second kappa shape index (κ2) is 20.3. The quantitative estimate of drug-likeness (QED) is 0.0721. The zero-order valence-electron chi connectivity index (χ0n) is 32.5. The van der Waals surface area contributed by atoms with Crippen LogP contribution in [0.25, 0.3) is 11.1 Å². The Morgan fingerprint density at radius 1 is 0.750 bits per heavy atom. The summed E-state index contributed by atoms with van der Waals surface area (Å²) in [6, 6.07) is 21.0. The first-order valence-corrected chi connectivity index (χ1v) is 20.7. The van der Waals surface area contributed by atoms with E-state index in [-0.39, 0.29) is 36.1 Å². The summed E-state index contributed by atoms with van der Waals surface area (Å²) in [5.41, 5.74) is 4.71. The van der Waals surface area contributed by atoms with E-state index in [9.17, 15) is 24.0 Å². The van der Waals surface area contributed by atoms with Crippen LogP contribution in [0.5, 0.6) is 0 Å². The van der Waals surface area contributed by atoms with Gasteiger partial charge >= 0.3 is 12.2 Å². The third-order valence-corrected chi connectivity index (χ3v) is 10.5. The Balaban J connectivity index is 1.27. The summed E-state index contributed by atoms with van der Waals surface area (Å²) >= 11 is 3.14. The number of alkyl carbamates (subject to hydrolysis) is 2. The standard InChI is InChI=1S/C43H54BrN5O7/c1-43(2,3)56-41(53)45-23-12-11-22-36(39(51)47-30-17-13-16-29(25-30)46-38(50)26-44)48-40(52)37(24-28-14-5-4-6-15-28)49-42(54)55-27-35-33-20-9-7-18-31(33)32-19-8-10-21-34(32)35/h7-10,13,16-21,25,28,35-37H,4-6,11-12,14-15,22-24,26-27H2,1-3H3,(H,45,53)(H,46,50)(H,47,51)(H,48,52)(H,49,54)/t36-,37-/m0/s1. The number of halogens is 1. The highest BCUT2D eigenvalue weighted by Gasteiger charge is 2.32. The number of ether oxygens (including phenoxy) is 2. The largest absolute Gasteiger partial charge is 0.449 e. The molecule has 12 nitrogen and oxygen atoms in total. The van der Waals surface area contributed by atoms with E-state index in [0.29, 0.717) is 37.2 Å². The fraction of sp³-hybridized carbons (Fsp3) is 0.465. The summed E-state index contributed by atoms with van der Waals surface area (Å²) in [6.45, 7) is 5.78. The number of nitrogens with one attached hydrogen (secondary N) is 5. The molecule has 3 aromatic rings. The predicted octanol–water partition coefficient (Wildman–Crippen LogP) is 8.02. The van der Waals surface area contributed by atoms with Gasteiger partial charge in [0.05, 0.1) is 5.33 Å². The van der Waals surface area contributed by atoms with Gasteiger partial charge in [0.15, 0.2) is 0 Å². The van der Waals surface area contributed by atoms with E-state index in [2.05, 4.69) is 66.8 Å². The highest BCUT2D eigenvalue weighted by atomic mass is 79.9. The van der Waals surface area contributed by atoms with Crippen molar-refractivity contribution >= 4 is 57.2 Å². The smallest absolute Gasteiger partial charge is 0.407 e. The first-order valence-electron chi connectivity index (χ1n) is 19.6. The number of alkyl halides is 1. The number of rotatable bonds is 16. The molecular formula is C43H54BrN5O7. The van der Waals surface area contributed by atoms with Crippen LogP contribution in [-0.4, -0.2) is 66.1 Å². The molecule has 0 aromatic heterocycles. The van der Waals surface area contributed by atoms with E-state index in [0.717, 1.165) is 54.4 Å². The van der Waals surface area contributed by atoms with Crippen molar-refractivity contribution in [3.05, 3.63) is 83.9 Å². The average Bonchev–Trinajstić information content (AvgIpc) is 3.49. The summed E-state index contributed by atoms with van der Waals surface area (Å²) in [5, 5.41) is 14.3. The Morgan fingerprint density at radius 2 is 1.39 bits per heavy atom. The zero-order valence-corrected chi connectivity index (χ0v) is 34.0. The molecule has 2 aliphatic carbocycles. The number of hydrogen-bond donors (Lipinski definition) is 5. The van der Waals surface area contributed by atoms with Gasteiger partial charge in [-0.1, -0.05) is 103 Å². The molecule has 5 N–H and O–H groups in total. The normalized spacial score (nSPS) is 15.0. The van der Waals surface area contributed by atoms with E-state index in [4.69, 9.17) is 9.47 Å². The minimum Gasteiger partial charge on any atom is -0.449 e. The Labute approximate surface area is 337 Å². The lowest BCUT2D eigenvalue weighted by Gasteiger charge is -2.28. The van der Waals surface area contributed by atoms with Crippen LogP contribution < -0.4 is 26.6 Å². The second-order valence-corrected chi connectivity index (χ2v) is 16.1. The van der Waals surface area contributed by atoms with Crippen molar-refractivity contribution in [1.29, 1.82) is 0 Å². The van der Waals surface area contributed by atoms with Crippen LogP contribution in [0.15, 0.2) is 72.8 Å². The molecule has 0 unspecified atom stereocenters. The number of carbonyl (C=O) groups excluding carboxylic acids is 5. The molecule has 56 heavy (non-hydrogen) atoms. The van der Waals surface area contributed by atoms with E-state index < -0.39 is 41.7 Å². The van der Waals surface area contributed by atoms with E-state index in [1.54, 1.807) is 45.0 Å². The Bertz CT molecular complexity index is 1800. The van der Waals surface area contributed by atoms with Gasteiger partial charge in [0.1, 0.15) is 24.3 Å². The molecule has 0 spiro atoms. The van der Waals surface area contributed by atoms with Crippen LogP contribution in [0.2, 0.25) is 0 Å². The number of hydrogen-bond acceptors (Lipinski definition) is 7. The van der Waals surface area contributed by atoms with Crippen molar-refractivity contribution in [2.75, 3.05) is 29.1 Å². The molecule has 0 saturated heterocycles. The second-order valence-electron chi connectivity index (χ2n) is 15.5. The summed E-state index contributed by atoms with van der Waals surface area (Å²) in [7, 11) is 0. The highest BCUT2D eigenvalue weighted by molar-refractivity contribution is 9.09. The predicted molar refractivity (Wildman–Crippen MR) is 221 cm³/mol. The van der Waals surface area contributed by atoms with Gasteiger partial charge in [-0.2, -0.15) is 0 Å². The Morgan fingerprint density at radius 3 is 2.04 bits per heavy atom. The third kappa shape index (κ3) is 12.6. The number of fused-ring (bicyclic) bond motifs is 3. The lowest BCUT2D eigenvalue weighted by atomic mass is 9.84. The SMILES string of the molecule is CC(C)(C)OC(=O)NCCCC[C@H](NC(=O)[C@H](CC1CCCCC1)NC(=O)OCC1c2ccccc2-c2ccccc21)C(=O)Nc1cccc(NC(=O)CBr)c1. The van der Waals surface area contributed by atoms with E-state index in [1.807, 2.05) is 24.3 Å². The van der Waals surface area contributed by atoms with Crippen LogP contribution in [-0.2, 0) is 23.9 Å². The maximum atomic E-state index is 14.1. The lowest BCUT2D eigenvalue weighted by molar-refractivity contribution is -0.128. The molecule has 300 valence electrons. The molecule has 1 saturated carbocycles. The average molecular weight is 833 g/mol. The number of benzene rings is 3. The maximum Gasteiger partial charge on any atom is 0.407 e. The van der Waals surface area contributed by atoms with Gasteiger partial charge in [-0.15, -0.1) is 0 Å².